The Balaban J connectivity index is 3.37. The third-order valence-corrected chi connectivity index (χ3v) is 1.53. The first-order valence-corrected chi connectivity index (χ1v) is 3.93. The topological polar surface area (TPSA) is 63.9 Å². The minimum absolute atomic E-state index is 0.329. The third-order valence-electron chi connectivity index (χ3n) is 1.43. The van der Waals surface area contributed by atoms with Crippen molar-refractivity contribution in [2.24, 2.45) is 0 Å². The number of rotatable bonds is 3. The van der Waals surface area contributed by atoms with Crippen molar-refractivity contribution in [1.29, 1.82) is 0 Å². The van der Waals surface area contributed by atoms with Gasteiger partial charge in [0.15, 0.2) is 0 Å². The van der Waals surface area contributed by atoms with Crippen molar-refractivity contribution >= 4 is 29.4 Å². The molecule has 0 unspecified atom stereocenters. The zero-order valence-corrected chi connectivity index (χ0v) is 8.05. The van der Waals surface area contributed by atoms with E-state index < -0.39 is 0 Å². The third kappa shape index (κ3) is 1.61. The van der Waals surface area contributed by atoms with Crippen LogP contribution in [0.3, 0.4) is 0 Å². The van der Waals surface area contributed by atoms with Crippen LogP contribution in [-0.2, 0) is 0 Å². The van der Waals surface area contributed by atoms with Crippen LogP contribution in [0.1, 0.15) is 0 Å². The van der Waals surface area contributed by atoms with Crippen molar-refractivity contribution in [3.05, 3.63) is 10.5 Å². The Morgan fingerprint density at radius 2 is 2.31 bits per heavy atom. The van der Waals surface area contributed by atoms with Gasteiger partial charge in [-0.15, -0.1) is 9.89 Å². The van der Waals surface area contributed by atoms with Gasteiger partial charge in [-0.25, -0.2) is 9.36 Å². The molecule has 1 aromatic rings. The maximum atomic E-state index is 11.4. The van der Waals surface area contributed by atoms with Crippen molar-refractivity contribution in [2.45, 2.75) is 0 Å². The Morgan fingerprint density at radius 3 is 2.77 bits per heavy atom. The van der Waals surface area contributed by atoms with E-state index in [-0.39, 0.29) is 5.69 Å². The fourth-order valence-electron chi connectivity index (χ4n) is 0.863. The zero-order chi connectivity index (χ0) is 9.84. The lowest BCUT2D eigenvalue weighted by molar-refractivity contribution is 0.745. The number of nitrogens with one attached hydrogen (secondary N) is 2. The lowest BCUT2D eigenvalue weighted by atomic mass is 10.8. The predicted molar refractivity (Wildman–Crippen MR) is 54.7 cm³/mol. The van der Waals surface area contributed by atoms with Gasteiger partial charge >= 0.3 is 5.69 Å². The van der Waals surface area contributed by atoms with E-state index >= 15 is 0 Å². The molecule has 7 heteroatoms. The van der Waals surface area contributed by atoms with Crippen LogP contribution < -0.4 is 16.4 Å². The molecule has 0 saturated heterocycles. The number of nitrogens with zero attached hydrogens (tertiary/aromatic N) is 3. The molecule has 0 atom stereocenters. The summed E-state index contributed by atoms with van der Waals surface area (Å²) in [4.78, 5) is 12.5. The van der Waals surface area contributed by atoms with Gasteiger partial charge in [0.1, 0.15) is 0 Å². The van der Waals surface area contributed by atoms with Crippen molar-refractivity contribution in [1.82, 2.24) is 14.5 Å². The highest BCUT2D eigenvalue weighted by atomic mass is 32.1. The molecule has 70 valence electrons. The predicted octanol–water partition coefficient (Wildman–Crippen LogP) is -0.671. The lowest BCUT2D eigenvalue weighted by Crippen LogP contribution is -2.28. The van der Waals surface area contributed by atoms with Crippen molar-refractivity contribution in [3.8, 4) is 0 Å². The molecule has 1 rings (SSSR count). The minimum atomic E-state index is -0.329. The Morgan fingerprint density at radius 1 is 1.62 bits per heavy atom. The fourth-order valence-corrected chi connectivity index (χ4v) is 0.969. The molecule has 0 radical (unpaired) electrons. The minimum Gasteiger partial charge on any atom is -0.357 e. The summed E-state index contributed by atoms with van der Waals surface area (Å²) in [6.45, 7) is 0. The molecule has 0 aliphatic carbocycles. The largest absolute Gasteiger partial charge is 0.371 e. The van der Waals surface area contributed by atoms with Crippen LogP contribution in [0.2, 0.25) is 0 Å². The van der Waals surface area contributed by atoms with Gasteiger partial charge in [-0.3, -0.25) is 0 Å². The van der Waals surface area contributed by atoms with E-state index in [1.54, 1.807) is 14.1 Å². The monoisotopic (exact) mass is 199 g/mol. The van der Waals surface area contributed by atoms with Crippen LogP contribution in [-0.4, -0.2) is 33.6 Å². The van der Waals surface area contributed by atoms with Crippen LogP contribution in [0, 0.1) is 0 Å². The first kappa shape index (κ1) is 9.50. The van der Waals surface area contributed by atoms with Crippen LogP contribution >= 0.6 is 12.2 Å². The van der Waals surface area contributed by atoms with Crippen LogP contribution in [0.15, 0.2) is 4.79 Å². The highest BCUT2D eigenvalue weighted by Crippen LogP contribution is 1.96. The molecule has 0 saturated carbocycles. The van der Waals surface area contributed by atoms with E-state index in [1.165, 1.54) is 10.8 Å². The maximum Gasteiger partial charge on any atom is 0.371 e. The first-order chi connectivity index (χ1) is 6.24. The quantitative estimate of drug-likeness (QED) is 0.632. The summed E-state index contributed by atoms with van der Waals surface area (Å²) >= 11 is 4.50. The summed E-state index contributed by atoms with van der Waals surface area (Å²) in [5.74, 6) is 0.400. The molecule has 0 amide bonds. The van der Waals surface area contributed by atoms with Crippen molar-refractivity contribution in [2.75, 3.05) is 24.8 Å². The molecule has 1 heterocycles. The summed E-state index contributed by atoms with van der Waals surface area (Å²) in [6, 6.07) is 0. The number of hydrogen-bond acceptors (Lipinski definition) is 5. The summed E-state index contributed by atoms with van der Waals surface area (Å²) < 4.78 is 1.25. The highest BCUT2D eigenvalue weighted by molar-refractivity contribution is 7.78. The van der Waals surface area contributed by atoms with Gasteiger partial charge in [0.25, 0.3) is 0 Å². The molecular weight excluding hydrogens is 190 g/mol. The van der Waals surface area contributed by atoms with Gasteiger partial charge in [0.2, 0.25) is 5.95 Å². The summed E-state index contributed by atoms with van der Waals surface area (Å²) in [6.07, 6.45) is 1.34. The van der Waals surface area contributed by atoms with Crippen LogP contribution in [0.5, 0.6) is 0 Å². The normalized spacial score (nSPS) is 9.08. The molecule has 0 bridgehead atoms. The van der Waals surface area contributed by atoms with E-state index in [2.05, 4.69) is 33.1 Å². The average molecular weight is 199 g/mol. The first-order valence-electron chi connectivity index (χ1n) is 3.52. The Hall–Kier alpha value is -1.59. The van der Waals surface area contributed by atoms with E-state index in [1.807, 2.05) is 0 Å². The maximum absolute atomic E-state index is 11.4. The molecule has 0 aliphatic rings. The van der Waals surface area contributed by atoms with E-state index in [0.717, 1.165) is 4.79 Å². The Bertz CT molecular complexity index is 400. The SMILES string of the molecule is CNc1nn(NC)c(=O)n1C=C=S. The summed E-state index contributed by atoms with van der Waals surface area (Å²) in [5.41, 5.74) is 2.27. The highest BCUT2D eigenvalue weighted by Gasteiger charge is 2.07. The van der Waals surface area contributed by atoms with Crippen LogP contribution in [0.4, 0.5) is 5.95 Å². The Labute approximate surface area is 79.8 Å². The smallest absolute Gasteiger partial charge is 0.357 e. The summed E-state index contributed by atoms with van der Waals surface area (Å²) in [7, 11) is 3.26. The van der Waals surface area contributed by atoms with Crippen molar-refractivity contribution in [3.63, 3.8) is 0 Å². The van der Waals surface area contributed by atoms with Gasteiger partial charge in [-0.1, -0.05) is 0 Å². The second-order valence-electron chi connectivity index (χ2n) is 2.11. The average Bonchev–Trinajstić information content (AvgIpc) is 2.45. The number of thiocarbonyl (C=S) groups is 1. The number of hydrogen-bond donors (Lipinski definition) is 2. The second kappa shape index (κ2) is 3.88. The molecule has 0 fully saturated rings. The molecule has 13 heavy (non-hydrogen) atoms. The second-order valence-corrected chi connectivity index (χ2v) is 2.34. The molecule has 0 spiro atoms. The Kier molecular flexibility index (Phi) is 2.84. The van der Waals surface area contributed by atoms with E-state index in [0.29, 0.717) is 5.95 Å². The molecule has 0 aliphatic heterocycles. The van der Waals surface area contributed by atoms with E-state index in [4.69, 9.17) is 0 Å². The lowest BCUT2D eigenvalue weighted by Gasteiger charge is -1.93. The number of anilines is 1. The molecule has 1 aromatic heterocycles. The van der Waals surface area contributed by atoms with E-state index in [9.17, 15) is 4.79 Å². The van der Waals surface area contributed by atoms with Gasteiger partial charge in [-0.2, -0.15) is 0 Å². The van der Waals surface area contributed by atoms with Gasteiger partial charge in [0, 0.05) is 14.1 Å². The molecule has 6 nitrogen and oxygen atoms in total. The van der Waals surface area contributed by atoms with Gasteiger partial charge in [-0.05, 0) is 17.2 Å². The number of aromatic nitrogens is 3. The standard InChI is InChI=1S/C6H9N5OS/c1-7-5-9-11(8-2)6(12)10(5)3-4-13/h3,8H,1-2H3,(H,7,9). The van der Waals surface area contributed by atoms with Crippen molar-refractivity contribution < 1.29 is 0 Å². The fraction of sp³-hybridized carbons (Fsp3) is 0.333. The van der Waals surface area contributed by atoms with Gasteiger partial charge < -0.3 is 10.7 Å². The van der Waals surface area contributed by atoms with Crippen LogP contribution in [0.25, 0.3) is 6.20 Å². The molecular formula is C6H9N5OS. The van der Waals surface area contributed by atoms with Gasteiger partial charge in [0.05, 0.1) is 6.20 Å². The molecule has 0 aromatic carbocycles. The zero-order valence-electron chi connectivity index (χ0n) is 7.24. The summed E-state index contributed by atoms with van der Waals surface area (Å²) in [5, 5.41) is 8.98. The molecule has 2 N–H and O–H groups in total.